The summed E-state index contributed by atoms with van der Waals surface area (Å²) in [6.45, 7) is -0.104. The lowest BCUT2D eigenvalue weighted by atomic mass is 10.0. The second kappa shape index (κ2) is 10.8. The lowest BCUT2D eigenvalue weighted by Gasteiger charge is -2.19. The summed E-state index contributed by atoms with van der Waals surface area (Å²) in [5.41, 5.74) is 4.55. The predicted molar refractivity (Wildman–Crippen MR) is 147 cm³/mol. The van der Waals surface area contributed by atoms with Gasteiger partial charge in [-0.05, 0) is 24.3 Å². The fraction of sp³-hybridized carbons (Fsp3) is 0.0357. The van der Waals surface area contributed by atoms with Crippen molar-refractivity contribution in [2.24, 2.45) is 5.10 Å². The van der Waals surface area contributed by atoms with E-state index in [2.05, 4.69) is 15.8 Å². The Hall–Kier alpha value is -5.91. The molecule has 1 aliphatic heterocycles. The number of para-hydroxylation sites is 1. The number of carbonyl (C=O) groups excluding carboxylic acids is 2. The number of carbonyl (C=O) groups is 2. The van der Waals surface area contributed by atoms with Crippen LogP contribution in [0.2, 0.25) is 0 Å². The highest BCUT2D eigenvalue weighted by Gasteiger charge is 2.35. The van der Waals surface area contributed by atoms with Crippen LogP contribution >= 0.6 is 0 Å². The number of imide groups is 1. The Morgan fingerprint density at radius 3 is 2.02 bits per heavy atom. The van der Waals surface area contributed by atoms with E-state index < -0.39 is 33.0 Å². The number of anilines is 2. The molecule has 0 bridgehead atoms. The maximum absolute atomic E-state index is 12.8. The minimum absolute atomic E-state index is 0.0412. The van der Waals surface area contributed by atoms with E-state index in [-0.39, 0.29) is 12.4 Å². The van der Waals surface area contributed by atoms with Crippen LogP contribution in [0, 0.1) is 20.2 Å². The first kappa shape index (κ1) is 25.7. The van der Waals surface area contributed by atoms with Crippen molar-refractivity contribution in [1.82, 2.24) is 4.90 Å². The van der Waals surface area contributed by atoms with E-state index in [4.69, 9.17) is 0 Å². The van der Waals surface area contributed by atoms with Crippen molar-refractivity contribution >= 4 is 40.3 Å². The van der Waals surface area contributed by atoms with Gasteiger partial charge in [-0.2, -0.15) is 5.10 Å². The number of amides is 2. The Kier molecular flexibility index (Phi) is 6.97. The van der Waals surface area contributed by atoms with E-state index in [0.717, 1.165) is 17.0 Å². The number of nitrogens with one attached hydrogen (secondary N) is 2. The highest BCUT2D eigenvalue weighted by Crippen LogP contribution is 2.30. The maximum atomic E-state index is 12.8. The fourth-order valence-electron chi connectivity index (χ4n) is 4.26. The van der Waals surface area contributed by atoms with Crippen molar-refractivity contribution in [1.29, 1.82) is 0 Å². The minimum Gasteiger partial charge on any atom is -0.367 e. The van der Waals surface area contributed by atoms with E-state index in [1.165, 1.54) is 6.07 Å². The summed E-state index contributed by atoms with van der Waals surface area (Å²) in [5.74, 6) is -0.815. The minimum atomic E-state index is -0.732. The van der Waals surface area contributed by atoms with Gasteiger partial charge >= 0.3 is 5.69 Å². The molecule has 0 radical (unpaired) electrons. The number of hydrazone groups is 1. The number of fused-ring (bicyclic) bond motifs is 1. The molecule has 4 aromatic rings. The van der Waals surface area contributed by atoms with Crippen molar-refractivity contribution in [2.45, 2.75) is 0 Å². The number of nitro benzene ring substituents is 2. The third kappa shape index (κ3) is 4.96. The number of nitrogens with zero attached hydrogens (tertiary/aromatic N) is 4. The smallest absolute Gasteiger partial charge is 0.301 e. The van der Waals surface area contributed by atoms with Crippen LogP contribution in [0.3, 0.4) is 0 Å². The first-order valence-corrected chi connectivity index (χ1v) is 12.0. The van der Waals surface area contributed by atoms with Gasteiger partial charge in [0.2, 0.25) is 0 Å². The first-order valence-electron chi connectivity index (χ1n) is 12.0. The molecule has 0 aromatic heterocycles. The Morgan fingerprint density at radius 2 is 1.38 bits per heavy atom. The average Bonchev–Trinajstić information content (AvgIpc) is 3.22. The Balaban J connectivity index is 1.48. The second-order valence-electron chi connectivity index (χ2n) is 8.62. The van der Waals surface area contributed by atoms with E-state index >= 15 is 0 Å². The van der Waals surface area contributed by atoms with Gasteiger partial charge in [0.05, 0.1) is 39.4 Å². The summed E-state index contributed by atoms with van der Waals surface area (Å²) in [6, 6.07) is 25.9. The second-order valence-corrected chi connectivity index (χ2v) is 8.62. The van der Waals surface area contributed by atoms with Gasteiger partial charge in [0, 0.05) is 22.9 Å². The normalized spacial score (nSPS) is 12.7. The predicted octanol–water partition coefficient (Wildman–Crippen LogP) is 5.03. The molecule has 12 nitrogen and oxygen atoms in total. The third-order valence-corrected chi connectivity index (χ3v) is 6.21. The van der Waals surface area contributed by atoms with Gasteiger partial charge in [-0.25, -0.2) is 0 Å². The topological polar surface area (TPSA) is 160 Å². The van der Waals surface area contributed by atoms with Crippen LogP contribution in [0.25, 0.3) is 0 Å². The molecule has 40 heavy (non-hydrogen) atoms. The maximum Gasteiger partial charge on any atom is 0.301 e. The van der Waals surface area contributed by atoms with E-state index in [0.29, 0.717) is 33.7 Å². The van der Waals surface area contributed by atoms with Crippen LogP contribution in [-0.2, 0) is 0 Å². The molecule has 0 fully saturated rings. The Bertz CT molecular complexity index is 1650. The van der Waals surface area contributed by atoms with Crippen LogP contribution in [0.15, 0.2) is 102 Å². The molecule has 0 spiro atoms. The van der Waals surface area contributed by atoms with Crippen molar-refractivity contribution in [3.63, 3.8) is 0 Å². The lowest BCUT2D eigenvalue weighted by molar-refractivity contribution is -0.393. The number of rotatable bonds is 9. The van der Waals surface area contributed by atoms with E-state index in [9.17, 15) is 29.8 Å². The zero-order chi connectivity index (χ0) is 28.2. The monoisotopic (exact) mass is 536 g/mol. The highest BCUT2D eigenvalue weighted by molar-refractivity contribution is 6.21. The van der Waals surface area contributed by atoms with Crippen molar-refractivity contribution in [3.05, 3.63) is 140 Å². The fourth-order valence-corrected chi connectivity index (χ4v) is 4.26. The van der Waals surface area contributed by atoms with Gasteiger partial charge in [-0.3, -0.25) is 40.1 Å². The summed E-state index contributed by atoms with van der Waals surface area (Å²) >= 11 is 0. The zero-order valence-corrected chi connectivity index (χ0v) is 20.7. The van der Waals surface area contributed by atoms with Gasteiger partial charge in [0.1, 0.15) is 5.69 Å². The van der Waals surface area contributed by atoms with E-state index in [1.807, 2.05) is 6.07 Å². The molecular formula is C28H20N6O6. The SMILES string of the molecule is O=C1c2ccccc2C(=O)N1CNc1ccccc1/C(=N/Nc1ccc([N+](=O)[O-])cc1[N+](=O)[O-])c1ccccc1. The number of non-ortho nitro benzene ring substituents is 1. The van der Waals surface area contributed by atoms with Crippen molar-refractivity contribution in [3.8, 4) is 0 Å². The van der Waals surface area contributed by atoms with Gasteiger partial charge < -0.3 is 5.32 Å². The Labute approximate surface area is 226 Å². The number of nitro groups is 2. The van der Waals surface area contributed by atoms with Crippen molar-refractivity contribution in [2.75, 3.05) is 17.4 Å². The summed E-state index contributed by atoms with van der Waals surface area (Å²) in [5, 5.41) is 30.3. The molecule has 0 atom stereocenters. The molecule has 198 valence electrons. The summed E-state index contributed by atoms with van der Waals surface area (Å²) in [4.78, 5) is 48.0. The lowest BCUT2D eigenvalue weighted by Crippen LogP contribution is -2.34. The van der Waals surface area contributed by atoms with Gasteiger partial charge in [-0.1, -0.05) is 60.7 Å². The van der Waals surface area contributed by atoms with Crippen LogP contribution < -0.4 is 10.7 Å². The molecule has 1 aliphatic rings. The summed E-state index contributed by atoms with van der Waals surface area (Å²) in [6.07, 6.45) is 0. The largest absolute Gasteiger partial charge is 0.367 e. The molecule has 0 aliphatic carbocycles. The summed E-state index contributed by atoms with van der Waals surface area (Å²) in [7, 11) is 0. The molecule has 2 N–H and O–H groups in total. The zero-order valence-electron chi connectivity index (χ0n) is 20.7. The molecule has 5 rings (SSSR count). The van der Waals surface area contributed by atoms with Crippen LogP contribution in [0.1, 0.15) is 31.8 Å². The van der Waals surface area contributed by atoms with E-state index in [1.54, 1.807) is 72.8 Å². The van der Waals surface area contributed by atoms with Crippen molar-refractivity contribution < 1.29 is 19.4 Å². The molecule has 0 unspecified atom stereocenters. The molecule has 12 heteroatoms. The highest BCUT2D eigenvalue weighted by atomic mass is 16.6. The molecule has 0 saturated carbocycles. The number of hydrogen-bond acceptors (Lipinski definition) is 9. The molecule has 0 saturated heterocycles. The molecule has 1 heterocycles. The summed E-state index contributed by atoms with van der Waals surface area (Å²) < 4.78 is 0. The quantitative estimate of drug-likeness (QED) is 0.130. The average molecular weight is 537 g/mol. The Morgan fingerprint density at radius 1 is 0.750 bits per heavy atom. The molecular weight excluding hydrogens is 516 g/mol. The number of hydrogen-bond donors (Lipinski definition) is 2. The first-order chi connectivity index (χ1) is 19.3. The number of benzene rings is 4. The van der Waals surface area contributed by atoms with Gasteiger partial charge in [0.25, 0.3) is 17.5 Å². The van der Waals surface area contributed by atoms with Gasteiger partial charge in [0.15, 0.2) is 0 Å². The van der Waals surface area contributed by atoms with Gasteiger partial charge in [-0.15, -0.1) is 0 Å². The molecule has 2 amide bonds. The molecule has 4 aromatic carbocycles. The standard InChI is InChI=1S/C28H20N6O6/c35-27-20-10-4-5-11-21(20)28(36)32(27)17-29-23-13-7-6-12-22(23)26(18-8-2-1-3-9-18)31-30-24-15-14-19(33(37)38)16-25(24)34(39)40/h1-16,29-30H,17H2/b31-26+. The van der Waals surface area contributed by atoms with Crippen LogP contribution in [0.4, 0.5) is 22.7 Å². The van der Waals surface area contributed by atoms with Crippen LogP contribution in [0.5, 0.6) is 0 Å². The van der Waals surface area contributed by atoms with Crippen LogP contribution in [-0.4, -0.2) is 38.9 Å². The third-order valence-electron chi connectivity index (χ3n) is 6.21.